The van der Waals surface area contributed by atoms with E-state index in [2.05, 4.69) is 15.9 Å². The first kappa shape index (κ1) is 61.1. The van der Waals surface area contributed by atoms with E-state index in [-0.39, 0.29) is 85.4 Å². The van der Waals surface area contributed by atoms with E-state index in [1.807, 2.05) is 58.1 Å². The maximum Gasteiger partial charge on any atom is 0.329 e. The fourth-order valence-electron chi connectivity index (χ4n) is 10.7. The number of halogens is 1. The van der Waals surface area contributed by atoms with Crippen LogP contribution in [0.4, 0.5) is 0 Å². The van der Waals surface area contributed by atoms with Crippen LogP contribution >= 0.6 is 15.9 Å². The van der Waals surface area contributed by atoms with E-state index in [0.717, 1.165) is 12.0 Å². The predicted molar refractivity (Wildman–Crippen MR) is 274 cm³/mol. The minimum absolute atomic E-state index is 0.00794. The standard InChI is InChI=1S/C55H84BrNO15/c1-33-16-12-11-13-17-34(2)45(66-8)30-41-21-19-39(7)55(65,72-41)52(62)53(63)57-23-15-14-18-42(57)54(64)71-46(31-43(58)35(3)27-38(6)50(61)51(68-10)49(60)37(5)26-33)36(4)28-40-20-22-44(47(29-40)67-9)69-24-25-70-48(59)32-56/h11-13,16-17,27,33,35-37,39-42,44-47,50-51,61,65H,14-15,18-26,28-32H2,1-10H3/b13-11?,16-12+,34-17?,38-27+/t33-,35-,36?,37-,39-,40+,41+,42+,44-,45+,46+,47-,50-,51+,55-/m1/s1. The summed E-state index contributed by atoms with van der Waals surface area (Å²) in [6.07, 6.45) is 11.6. The molecule has 17 heteroatoms. The number of carbonyl (C=O) groups excluding carboxylic acids is 6. The molecule has 1 amide bonds. The topological polar surface area (TPSA) is 211 Å². The Morgan fingerprint density at radius 3 is 2.29 bits per heavy atom. The minimum atomic E-state index is -2.45. The van der Waals surface area contributed by atoms with Gasteiger partial charge in [-0.05, 0) is 107 Å². The number of aliphatic hydroxyl groups excluding tert-OH is 1. The molecule has 1 aliphatic carbocycles. The van der Waals surface area contributed by atoms with Gasteiger partial charge in [-0.15, -0.1) is 0 Å². The van der Waals surface area contributed by atoms with Crippen molar-refractivity contribution in [3.63, 3.8) is 0 Å². The lowest BCUT2D eigenvalue weighted by Crippen LogP contribution is -2.61. The number of carbonyl (C=O) groups is 6. The van der Waals surface area contributed by atoms with Gasteiger partial charge in [-0.2, -0.15) is 0 Å². The maximum absolute atomic E-state index is 14.5. The zero-order chi connectivity index (χ0) is 53.3. The Morgan fingerprint density at radius 2 is 1.61 bits per heavy atom. The highest BCUT2D eigenvalue weighted by atomic mass is 79.9. The number of methoxy groups -OCH3 is 3. The predicted octanol–water partition coefficient (Wildman–Crippen LogP) is 7.14. The van der Waals surface area contributed by atoms with E-state index >= 15 is 0 Å². The van der Waals surface area contributed by atoms with Gasteiger partial charge in [0, 0.05) is 58.5 Å². The summed E-state index contributed by atoms with van der Waals surface area (Å²) in [6.45, 7) is 13.1. The van der Waals surface area contributed by atoms with Gasteiger partial charge in [-0.1, -0.05) is 87.0 Å². The molecule has 4 rings (SSSR count). The number of nitrogens with zero attached hydrogens (tertiary/aromatic N) is 1. The molecule has 1 saturated carbocycles. The van der Waals surface area contributed by atoms with Gasteiger partial charge >= 0.3 is 11.9 Å². The summed E-state index contributed by atoms with van der Waals surface area (Å²) in [4.78, 5) is 84.0. The van der Waals surface area contributed by atoms with Crippen LogP contribution in [-0.4, -0.2) is 151 Å². The van der Waals surface area contributed by atoms with Crippen LogP contribution in [0.5, 0.6) is 0 Å². The van der Waals surface area contributed by atoms with Gasteiger partial charge in [-0.25, -0.2) is 4.79 Å². The molecule has 0 spiro atoms. The first-order valence-electron chi connectivity index (χ1n) is 26.0. The van der Waals surface area contributed by atoms with Gasteiger partial charge in [0.25, 0.3) is 11.7 Å². The number of cyclic esters (lactones) is 1. The lowest BCUT2D eigenvalue weighted by Gasteiger charge is -2.42. The van der Waals surface area contributed by atoms with E-state index in [4.69, 9.17) is 33.2 Å². The molecule has 3 heterocycles. The van der Waals surface area contributed by atoms with Crippen LogP contribution in [0.15, 0.2) is 47.6 Å². The van der Waals surface area contributed by atoms with Gasteiger partial charge in [0.15, 0.2) is 5.78 Å². The van der Waals surface area contributed by atoms with Crippen LogP contribution < -0.4 is 0 Å². The first-order valence-corrected chi connectivity index (χ1v) is 27.1. The average molecular weight is 1080 g/mol. The number of esters is 2. The molecular weight excluding hydrogens is 995 g/mol. The highest BCUT2D eigenvalue weighted by Gasteiger charge is 2.53. The van der Waals surface area contributed by atoms with Crippen molar-refractivity contribution in [3.05, 3.63) is 47.6 Å². The Kier molecular flexibility index (Phi) is 25.1. The number of hydrogen-bond donors (Lipinski definition) is 2. The number of hydrogen-bond acceptors (Lipinski definition) is 15. The molecule has 406 valence electrons. The lowest BCUT2D eigenvalue weighted by atomic mass is 9.78. The van der Waals surface area contributed by atoms with Crippen LogP contribution in [-0.2, 0) is 61.9 Å². The number of aliphatic hydroxyl groups is 2. The molecule has 0 aromatic heterocycles. The van der Waals surface area contributed by atoms with Crippen molar-refractivity contribution in [1.82, 2.24) is 4.90 Å². The summed E-state index contributed by atoms with van der Waals surface area (Å²) in [7, 11) is 4.57. The number of allylic oxidation sites excluding steroid dienone is 6. The van der Waals surface area contributed by atoms with Gasteiger partial charge in [-0.3, -0.25) is 24.0 Å². The fraction of sp³-hybridized carbons (Fsp3) is 0.745. The molecular formula is C55H84BrNO15. The number of piperidine rings is 1. The summed E-state index contributed by atoms with van der Waals surface area (Å²) >= 11 is 3.08. The van der Waals surface area contributed by atoms with E-state index in [0.29, 0.717) is 63.4 Å². The molecule has 15 atom stereocenters. The molecule has 0 aromatic rings. The minimum Gasteiger partial charge on any atom is -0.463 e. The summed E-state index contributed by atoms with van der Waals surface area (Å²) in [5.41, 5.74) is 1.25. The second kappa shape index (κ2) is 29.6. The molecule has 0 aromatic carbocycles. The number of amides is 1. The zero-order valence-corrected chi connectivity index (χ0v) is 46.0. The second-order valence-electron chi connectivity index (χ2n) is 20.8. The second-order valence-corrected chi connectivity index (χ2v) is 21.3. The third-order valence-corrected chi connectivity index (χ3v) is 15.7. The van der Waals surface area contributed by atoms with Crippen LogP contribution in [0.25, 0.3) is 0 Å². The molecule has 3 fully saturated rings. The Labute approximate surface area is 436 Å². The molecule has 2 saturated heterocycles. The Morgan fingerprint density at radius 1 is 0.875 bits per heavy atom. The fourth-order valence-corrected chi connectivity index (χ4v) is 10.8. The number of fused-ring (bicyclic) bond motifs is 3. The normalized spacial score (nSPS) is 36.4. The van der Waals surface area contributed by atoms with Crippen molar-refractivity contribution in [1.29, 1.82) is 0 Å². The Hall–Kier alpha value is -3.42. The molecule has 1 unspecified atom stereocenters. The number of alkyl halides is 1. The third-order valence-electron chi connectivity index (χ3n) is 15.2. The van der Waals surface area contributed by atoms with Crippen molar-refractivity contribution in [2.45, 2.75) is 180 Å². The third kappa shape index (κ3) is 17.1. The van der Waals surface area contributed by atoms with Crippen LogP contribution in [0.1, 0.15) is 126 Å². The van der Waals surface area contributed by atoms with E-state index in [1.54, 1.807) is 41.1 Å². The van der Waals surface area contributed by atoms with Gasteiger partial charge < -0.3 is 48.3 Å². The van der Waals surface area contributed by atoms with Gasteiger partial charge in [0.05, 0.1) is 31.0 Å². The summed E-state index contributed by atoms with van der Waals surface area (Å²) in [6, 6.07) is -1.16. The summed E-state index contributed by atoms with van der Waals surface area (Å²) in [5, 5.41) is 23.6. The van der Waals surface area contributed by atoms with Crippen LogP contribution in [0, 0.1) is 35.5 Å². The number of rotatable bonds is 11. The largest absolute Gasteiger partial charge is 0.463 e. The lowest BCUT2D eigenvalue weighted by molar-refractivity contribution is -0.265. The summed E-state index contributed by atoms with van der Waals surface area (Å²) in [5.74, 6) is -8.51. The quantitative estimate of drug-likeness (QED) is 0.0692. The van der Waals surface area contributed by atoms with Gasteiger partial charge in [0.2, 0.25) is 5.79 Å². The molecule has 4 aliphatic rings. The van der Waals surface area contributed by atoms with E-state index < -0.39 is 77.8 Å². The number of Topliss-reactive ketones (excluding diaryl/α,β-unsaturated/α-hetero) is 3. The zero-order valence-electron chi connectivity index (χ0n) is 44.4. The smallest absolute Gasteiger partial charge is 0.329 e. The molecule has 2 N–H and O–H groups in total. The molecule has 0 radical (unpaired) electrons. The SMILES string of the molecule is CO[C@H]1C[C@@H]2CC[C@@H](C)[C@@](O)(O2)C(=O)C(=O)N2CCCC[C@H]2C(=O)O[C@H](C(C)C[C@@H]2CC[C@@H](OCCOC(=O)CBr)[C@H](OC)C2)CC(=O)[C@H](C)/C=C(\C)[C@@H](O)[C@@H](OC)C(=O)[C@H](C)C[C@H](C)/C=C/C=CC=C1C. The average Bonchev–Trinajstić information content (AvgIpc) is 3.36. The number of ketones is 3. The highest BCUT2D eigenvalue weighted by molar-refractivity contribution is 9.09. The number of ether oxygens (including phenoxy) is 7. The molecule has 72 heavy (non-hydrogen) atoms. The van der Waals surface area contributed by atoms with Gasteiger partial charge in [0.1, 0.15) is 42.1 Å². The first-order chi connectivity index (χ1) is 34.2. The molecule has 3 aliphatic heterocycles. The van der Waals surface area contributed by atoms with Crippen molar-refractivity contribution in [3.8, 4) is 0 Å². The monoisotopic (exact) mass is 1080 g/mol. The Balaban J connectivity index is 1.67. The maximum atomic E-state index is 14.5. The molecule has 16 nitrogen and oxygen atoms in total. The van der Waals surface area contributed by atoms with Crippen molar-refractivity contribution < 1.29 is 72.1 Å². The van der Waals surface area contributed by atoms with Crippen LogP contribution in [0.3, 0.4) is 0 Å². The summed E-state index contributed by atoms with van der Waals surface area (Å²) < 4.78 is 41.0. The van der Waals surface area contributed by atoms with Crippen LogP contribution in [0.2, 0.25) is 0 Å². The van der Waals surface area contributed by atoms with Crippen molar-refractivity contribution in [2.24, 2.45) is 35.5 Å². The van der Waals surface area contributed by atoms with E-state index in [9.17, 15) is 39.0 Å². The highest BCUT2D eigenvalue weighted by Crippen LogP contribution is 2.38. The Bertz CT molecular complexity index is 1950. The van der Waals surface area contributed by atoms with Crippen molar-refractivity contribution in [2.75, 3.05) is 46.4 Å². The van der Waals surface area contributed by atoms with E-state index in [1.165, 1.54) is 12.0 Å². The van der Waals surface area contributed by atoms with Crippen molar-refractivity contribution >= 4 is 51.1 Å². The molecule has 2 bridgehead atoms.